The van der Waals surface area contributed by atoms with Crippen molar-refractivity contribution in [2.45, 2.75) is 13.3 Å². The van der Waals surface area contributed by atoms with Crippen molar-refractivity contribution in [1.82, 2.24) is 14.6 Å². The molecular weight excluding hydrogens is 384 g/mol. The van der Waals surface area contributed by atoms with Crippen LogP contribution in [0.2, 0.25) is 0 Å². The minimum Gasteiger partial charge on any atom is -0.430 e. The highest BCUT2D eigenvalue weighted by Gasteiger charge is 2.11. The van der Waals surface area contributed by atoms with Crippen molar-refractivity contribution in [3.05, 3.63) is 68.8 Å². The van der Waals surface area contributed by atoms with Gasteiger partial charge < -0.3 is 10.1 Å². The normalized spacial score (nSPS) is 10.9. The molecule has 0 radical (unpaired) electrons. The molecule has 3 aromatic heterocycles. The van der Waals surface area contributed by atoms with Crippen molar-refractivity contribution in [3.63, 3.8) is 0 Å². The number of hydrogen-bond acceptors (Lipinski definition) is 7. The maximum atomic E-state index is 12.1. The summed E-state index contributed by atoms with van der Waals surface area (Å²) in [5.41, 5.74) is 1.78. The fraction of sp³-hybridized carbons (Fsp3) is 0.111. The number of fused-ring (bicyclic) bond motifs is 1. The van der Waals surface area contributed by atoms with Gasteiger partial charge in [0.05, 0.1) is 5.56 Å². The third-order valence-corrected chi connectivity index (χ3v) is 5.21. The topological polar surface area (TPSA) is 85.6 Å². The lowest BCUT2D eigenvalue weighted by molar-refractivity contribution is 0.102. The number of benzene rings is 1. The van der Waals surface area contributed by atoms with Crippen LogP contribution in [0.5, 0.6) is 10.9 Å². The first-order chi connectivity index (χ1) is 13.1. The highest BCUT2D eigenvalue weighted by molar-refractivity contribution is 7.18. The molecule has 27 heavy (non-hydrogen) atoms. The summed E-state index contributed by atoms with van der Waals surface area (Å²) < 4.78 is 6.95. The third kappa shape index (κ3) is 3.74. The molecule has 0 aliphatic carbocycles. The van der Waals surface area contributed by atoms with E-state index in [9.17, 15) is 9.59 Å². The molecule has 0 atom stereocenters. The van der Waals surface area contributed by atoms with E-state index in [1.165, 1.54) is 33.3 Å². The molecule has 0 bridgehead atoms. The van der Waals surface area contributed by atoms with Crippen LogP contribution in [0.4, 0.5) is 5.69 Å². The van der Waals surface area contributed by atoms with Crippen LogP contribution in [0.15, 0.2) is 52.0 Å². The van der Waals surface area contributed by atoms with Crippen LogP contribution >= 0.6 is 22.7 Å². The number of amides is 1. The number of ether oxygens (including phenoxy) is 1. The number of carbonyl (C=O) groups excluding carboxylic acids is 1. The maximum Gasteiger partial charge on any atom is 0.299 e. The number of aromatic nitrogens is 3. The average Bonchev–Trinajstić information content (AvgIpc) is 3.33. The molecule has 0 saturated heterocycles. The monoisotopic (exact) mass is 398 g/mol. The van der Waals surface area contributed by atoms with E-state index in [1.54, 1.807) is 35.7 Å². The van der Waals surface area contributed by atoms with E-state index in [-0.39, 0.29) is 11.5 Å². The van der Waals surface area contributed by atoms with Crippen LogP contribution in [-0.4, -0.2) is 20.5 Å². The first-order valence-electron chi connectivity index (χ1n) is 8.13. The van der Waals surface area contributed by atoms with Crippen molar-refractivity contribution in [3.8, 4) is 10.9 Å². The van der Waals surface area contributed by atoms with Crippen molar-refractivity contribution in [2.75, 3.05) is 5.32 Å². The summed E-state index contributed by atoms with van der Waals surface area (Å²) in [5, 5.41) is 10.9. The summed E-state index contributed by atoms with van der Waals surface area (Å²) in [7, 11) is 0. The van der Waals surface area contributed by atoms with Crippen LogP contribution in [0.3, 0.4) is 0 Å². The third-order valence-electron chi connectivity index (χ3n) is 3.74. The number of thiophene rings is 1. The van der Waals surface area contributed by atoms with E-state index in [2.05, 4.69) is 15.4 Å². The molecule has 0 aliphatic rings. The van der Waals surface area contributed by atoms with Gasteiger partial charge in [0.15, 0.2) is 0 Å². The molecule has 3 heterocycles. The Morgan fingerprint density at radius 1 is 1.26 bits per heavy atom. The van der Waals surface area contributed by atoms with Crippen LogP contribution in [0.1, 0.15) is 23.0 Å². The second-order valence-electron chi connectivity index (χ2n) is 5.59. The lowest BCUT2D eigenvalue weighted by Gasteiger charge is -2.05. The molecule has 1 N–H and O–H groups in total. The lowest BCUT2D eigenvalue weighted by atomic mass is 10.2. The van der Waals surface area contributed by atoms with Crippen LogP contribution in [0.25, 0.3) is 4.96 Å². The van der Waals surface area contributed by atoms with Crippen molar-refractivity contribution >= 4 is 39.2 Å². The molecule has 0 fully saturated rings. The predicted molar refractivity (Wildman–Crippen MR) is 105 cm³/mol. The number of rotatable bonds is 5. The summed E-state index contributed by atoms with van der Waals surface area (Å²) in [6.07, 6.45) is 0.679. The largest absolute Gasteiger partial charge is 0.430 e. The maximum absolute atomic E-state index is 12.1. The predicted octanol–water partition coefficient (Wildman–Crippen LogP) is 3.82. The zero-order valence-corrected chi connectivity index (χ0v) is 15.8. The highest BCUT2D eigenvalue weighted by atomic mass is 32.1. The lowest BCUT2D eigenvalue weighted by Crippen LogP contribution is -2.14. The van der Waals surface area contributed by atoms with Crippen LogP contribution in [0, 0.1) is 0 Å². The molecular formula is C18H14N4O3S2. The quantitative estimate of drug-likeness (QED) is 0.552. The van der Waals surface area contributed by atoms with Gasteiger partial charge in [-0.15, -0.1) is 5.10 Å². The van der Waals surface area contributed by atoms with E-state index < -0.39 is 0 Å². The van der Waals surface area contributed by atoms with E-state index in [4.69, 9.17) is 4.74 Å². The number of carbonyl (C=O) groups is 1. The molecule has 0 unspecified atom stereocenters. The van der Waals surface area contributed by atoms with E-state index in [1.807, 2.05) is 12.3 Å². The standard InChI is InChI=1S/C18H14N4O3S2/c1-2-12-9-15(23)22-17(20-12)27-18(21-22)25-14-5-3-13(4-6-14)19-16(24)11-7-8-26-10-11/h3-10H,2H2,1H3,(H,19,24). The molecule has 1 aromatic carbocycles. The fourth-order valence-electron chi connectivity index (χ4n) is 2.37. The van der Waals surface area contributed by atoms with E-state index in [0.29, 0.717) is 33.6 Å². The zero-order valence-electron chi connectivity index (χ0n) is 14.2. The van der Waals surface area contributed by atoms with E-state index >= 15 is 0 Å². The number of hydrogen-bond donors (Lipinski definition) is 1. The van der Waals surface area contributed by atoms with Crippen LogP contribution < -0.4 is 15.6 Å². The first kappa shape index (κ1) is 17.4. The number of aryl methyl sites for hydroxylation is 1. The van der Waals surface area contributed by atoms with Gasteiger partial charge in [0.2, 0.25) is 4.96 Å². The average molecular weight is 398 g/mol. The Labute approximate surface area is 161 Å². The van der Waals surface area contributed by atoms with Gasteiger partial charge in [-0.25, -0.2) is 4.98 Å². The summed E-state index contributed by atoms with van der Waals surface area (Å²) in [5.74, 6) is 0.389. The van der Waals surface area contributed by atoms with Gasteiger partial charge in [0, 0.05) is 22.8 Å². The minimum atomic E-state index is -0.227. The Hall–Kier alpha value is -3.04. The number of nitrogens with one attached hydrogen (secondary N) is 1. The smallest absolute Gasteiger partial charge is 0.299 e. The van der Waals surface area contributed by atoms with Crippen LogP contribution in [-0.2, 0) is 6.42 Å². The number of anilines is 1. The summed E-state index contributed by atoms with van der Waals surface area (Å²) in [4.78, 5) is 29.0. The summed E-state index contributed by atoms with van der Waals surface area (Å²) in [6, 6.07) is 10.2. The highest BCUT2D eigenvalue weighted by Crippen LogP contribution is 2.27. The van der Waals surface area contributed by atoms with E-state index in [0.717, 1.165) is 5.69 Å². The Kier molecular flexibility index (Phi) is 4.69. The Morgan fingerprint density at radius 2 is 2.07 bits per heavy atom. The molecule has 1 amide bonds. The fourth-order valence-corrected chi connectivity index (χ4v) is 3.80. The molecule has 7 nitrogen and oxygen atoms in total. The van der Waals surface area contributed by atoms with Gasteiger partial charge in [-0.05, 0) is 53.5 Å². The molecule has 0 spiro atoms. The zero-order chi connectivity index (χ0) is 18.8. The molecule has 136 valence electrons. The van der Waals surface area contributed by atoms with Gasteiger partial charge in [-0.1, -0.05) is 6.92 Å². The minimum absolute atomic E-state index is 0.159. The Balaban J connectivity index is 1.50. The number of nitrogens with zero attached hydrogens (tertiary/aromatic N) is 3. The van der Waals surface area contributed by atoms with Gasteiger partial charge in [0.25, 0.3) is 16.7 Å². The van der Waals surface area contributed by atoms with Crippen molar-refractivity contribution in [1.29, 1.82) is 0 Å². The first-order valence-corrected chi connectivity index (χ1v) is 9.89. The molecule has 4 aromatic rings. The second-order valence-corrected chi connectivity index (χ2v) is 7.29. The molecule has 4 rings (SSSR count). The Morgan fingerprint density at radius 3 is 2.78 bits per heavy atom. The van der Waals surface area contributed by atoms with Gasteiger partial charge in [-0.2, -0.15) is 15.9 Å². The molecule has 9 heteroatoms. The van der Waals surface area contributed by atoms with Crippen molar-refractivity contribution < 1.29 is 9.53 Å². The van der Waals surface area contributed by atoms with Gasteiger partial charge in [0.1, 0.15) is 5.75 Å². The summed E-state index contributed by atoms with van der Waals surface area (Å²) in [6.45, 7) is 1.94. The second kappa shape index (κ2) is 7.29. The van der Waals surface area contributed by atoms with Gasteiger partial charge >= 0.3 is 0 Å². The Bertz CT molecular complexity index is 1150. The molecule has 0 aliphatic heterocycles. The van der Waals surface area contributed by atoms with Gasteiger partial charge in [-0.3, -0.25) is 9.59 Å². The SMILES string of the molecule is CCc1cc(=O)n2nc(Oc3ccc(NC(=O)c4ccsc4)cc3)sc2n1. The summed E-state index contributed by atoms with van der Waals surface area (Å²) >= 11 is 2.67. The molecule has 0 saturated carbocycles. The van der Waals surface area contributed by atoms with Crippen molar-refractivity contribution in [2.24, 2.45) is 0 Å².